The lowest BCUT2D eigenvalue weighted by atomic mass is 10.0. The van der Waals surface area contributed by atoms with E-state index in [1.807, 2.05) is 0 Å². The molecule has 1 unspecified atom stereocenters. The SMILES string of the molecule is CCC(C)(C)NCC(O)COCC1CC1. The molecule has 0 aliphatic heterocycles. The van der Waals surface area contributed by atoms with Gasteiger partial charge in [-0.2, -0.15) is 0 Å². The summed E-state index contributed by atoms with van der Waals surface area (Å²) in [5, 5.41) is 13.0. The Bertz CT molecular complexity index is 178. The predicted molar refractivity (Wildman–Crippen MR) is 61.9 cm³/mol. The van der Waals surface area contributed by atoms with Crippen molar-refractivity contribution in [3.63, 3.8) is 0 Å². The number of hydrogen-bond donors (Lipinski definition) is 2. The summed E-state index contributed by atoms with van der Waals surface area (Å²) in [6.45, 7) is 8.33. The quantitative estimate of drug-likeness (QED) is 0.645. The summed E-state index contributed by atoms with van der Waals surface area (Å²) in [7, 11) is 0. The van der Waals surface area contributed by atoms with Crippen LogP contribution in [0.15, 0.2) is 0 Å². The molecular formula is C12H25NO2. The van der Waals surface area contributed by atoms with E-state index in [0.29, 0.717) is 13.2 Å². The summed E-state index contributed by atoms with van der Waals surface area (Å²) in [4.78, 5) is 0. The third-order valence-electron chi connectivity index (χ3n) is 3.06. The third-order valence-corrected chi connectivity index (χ3v) is 3.06. The van der Waals surface area contributed by atoms with Gasteiger partial charge in [-0.15, -0.1) is 0 Å². The minimum atomic E-state index is -0.380. The zero-order chi connectivity index (χ0) is 11.3. The first-order valence-corrected chi connectivity index (χ1v) is 6.04. The van der Waals surface area contributed by atoms with Gasteiger partial charge in [0.15, 0.2) is 0 Å². The molecule has 0 aromatic heterocycles. The van der Waals surface area contributed by atoms with E-state index in [1.165, 1.54) is 12.8 Å². The highest BCUT2D eigenvalue weighted by molar-refractivity contribution is 4.77. The third kappa shape index (κ3) is 6.13. The number of rotatable bonds is 8. The average Bonchev–Trinajstić information content (AvgIpc) is 2.99. The number of β-amino-alcohol motifs (C(OH)–C–C–N with tert-alkyl or cyclic N) is 1. The Labute approximate surface area is 93.2 Å². The Hall–Kier alpha value is -0.120. The molecule has 3 heteroatoms. The minimum Gasteiger partial charge on any atom is -0.389 e. The number of ether oxygens (including phenoxy) is 1. The largest absolute Gasteiger partial charge is 0.389 e. The Morgan fingerprint density at radius 3 is 2.67 bits per heavy atom. The molecular weight excluding hydrogens is 190 g/mol. The lowest BCUT2D eigenvalue weighted by Crippen LogP contribution is -2.44. The molecule has 0 saturated heterocycles. The van der Waals surface area contributed by atoms with Crippen LogP contribution >= 0.6 is 0 Å². The van der Waals surface area contributed by atoms with Gasteiger partial charge >= 0.3 is 0 Å². The zero-order valence-electron chi connectivity index (χ0n) is 10.3. The highest BCUT2D eigenvalue weighted by atomic mass is 16.5. The van der Waals surface area contributed by atoms with E-state index in [1.54, 1.807) is 0 Å². The fourth-order valence-corrected chi connectivity index (χ4v) is 1.23. The number of hydrogen-bond acceptors (Lipinski definition) is 3. The monoisotopic (exact) mass is 215 g/mol. The van der Waals surface area contributed by atoms with E-state index in [9.17, 15) is 5.11 Å². The average molecular weight is 215 g/mol. The molecule has 2 N–H and O–H groups in total. The minimum absolute atomic E-state index is 0.109. The van der Waals surface area contributed by atoms with Crippen molar-refractivity contribution in [2.24, 2.45) is 5.92 Å². The lowest BCUT2D eigenvalue weighted by Gasteiger charge is -2.26. The van der Waals surface area contributed by atoms with Crippen LogP contribution in [-0.2, 0) is 4.74 Å². The molecule has 0 amide bonds. The predicted octanol–water partition coefficient (Wildman–Crippen LogP) is 1.55. The summed E-state index contributed by atoms with van der Waals surface area (Å²) in [5.74, 6) is 0.775. The fourth-order valence-electron chi connectivity index (χ4n) is 1.23. The first kappa shape index (κ1) is 12.9. The van der Waals surface area contributed by atoms with E-state index < -0.39 is 0 Å². The molecule has 0 heterocycles. The van der Waals surface area contributed by atoms with Crippen molar-refractivity contribution in [3.05, 3.63) is 0 Å². The second kappa shape index (κ2) is 5.83. The van der Waals surface area contributed by atoms with Crippen LogP contribution in [0, 0.1) is 5.92 Å². The van der Waals surface area contributed by atoms with Gasteiger partial charge in [-0.05, 0) is 39.0 Å². The summed E-state index contributed by atoms with van der Waals surface area (Å²) in [5.41, 5.74) is 0.109. The molecule has 3 nitrogen and oxygen atoms in total. The van der Waals surface area contributed by atoms with Crippen molar-refractivity contribution < 1.29 is 9.84 Å². The van der Waals surface area contributed by atoms with E-state index in [4.69, 9.17) is 4.74 Å². The lowest BCUT2D eigenvalue weighted by molar-refractivity contribution is 0.0292. The molecule has 1 rings (SSSR count). The van der Waals surface area contributed by atoms with Gasteiger partial charge in [0.2, 0.25) is 0 Å². The van der Waals surface area contributed by atoms with Crippen LogP contribution in [0.25, 0.3) is 0 Å². The summed E-state index contributed by atoms with van der Waals surface area (Å²) < 4.78 is 5.43. The second-order valence-electron chi connectivity index (χ2n) is 5.25. The molecule has 0 bridgehead atoms. The molecule has 0 spiro atoms. The maximum Gasteiger partial charge on any atom is 0.0897 e. The van der Waals surface area contributed by atoms with E-state index >= 15 is 0 Å². The number of aliphatic hydroxyl groups is 1. The molecule has 0 aromatic carbocycles. The molecule has 1 fully saturated rings. The molecule has 15 heavy (non-hydrogen) atoms. The topological polar surface area (TPSA) is 41.5 Å². The normalized spacial score (nSPS) is 19.2. The smallest absolute Gasteiger partial charge is 0.0897 e. The van der Waals surface area contributed by atoms with Crippen LogP contribution in [0.1, 0.15) is 40.0 Å². The van der Waals surface area contributed by atoms with Crippen LogP contribution in [0.5, 0.6) is 0 Å². The molecule has 0 aromatic rings. The van der Waals surface area contributed by atoms with Crippen LogP contribution in [0.3, 0.4) is 0 Å². The molecule has 1 aliphatic rings. The van der Waals surface area contributed by atoms with Crippen molar-refractivity contribution in [2.45, 2.75) is 51.7 Å². The number of aliphatic hydroxyl groups excluding tert-OH is 1. The molecule has 1 atom stereocenters. The van der Waals surface area contributed by atoms with Crippen molar-refractivity contribution in [2.75, 3.05) is 19.8 Å². The maximum absolute atomic E-state index is 9.65. The van der Waals surface area contributed by atoms with E-state index in [0.717, 1.165) is 18.9 Å². The second-order valence-corrected chi connectivity index (χ2v) is 5.25. The van der Waals surface area contributed by atoms with Crippen molar-refractivity contribution >= 4 is 0 Å². The van der Waals surface area contributed by atoms with Crippen molar-refractivity contribution in [1.29, 1.82) is 0 Å². The van der Waals surface area contributed by atoms with Crippen LogP contribution < -0.4 is 5.32 Å². The Balaban J connectivity index is 1.99. The van der Waals surface area contributed by atoms with Gasteiger partial charge in [-0.3, -0.25) is 0 Å². The van der Waals surface area contributed by atoms with Gasteiger partial charge in [0.1, 0.15) is 0 Å². The first-order valence-electron chi connectivity index (χ1n) is 6.04. The fraction of sp³-hybridized carbons (Fsp3) is 1.00. The van der Waals surface area contributed by atoms with Gasteiger partial charge in [0.05, 0.1) is 12.7 Å². The van der Waals surface area contributed by atoms with Gasteiger partial charge in [-0.1, -0.05) is 6.92 Å². The number of nitrogens with one attached hydrogen (secondary N) is 1. The Morgan fingerprint density at radius 1 is 1.47 bits per heavy atom. The first-order chi connectivity index (χ1) is 7.03. The van der Waals surface area contributed by atoms with Crippen LogP contribution in [-0.4, -0.2) is 36.5 Å². The summed E-state index contributed by atoms with van der Waals surface area (Å²) in [6, 6.07) is 0. The van der Waals surface area contributed by atoms with Gasteiger partial charge in [0, 0.05) is 18.7 Å². The molecule has 90 valence electrons. The molecule has 1 aliphatic carbocycles. The Morgan fingerprint density at radius 2 is 2.13 bits per heavy atom. The van der Waals surface area contributed by atoms with Gasteiger partial charge in [0.25, 0.3) is 0 Å². The summed E-state index contributed by atoms with van der Waals surface area (Å²) in [6.07, 6.45) is 3.28. The van der Waals surface area contributed by atoms with Crippen molar-refractivity contribution in [3.8, 4) is 0 Å². The van der Waals surface area contributed by atoms with Crippen LogP contribution in [0.4, 0.5) is 0 Å². The zero-order valence-corrected chi connectivity index (χ0v) is 10.3. The summed E-state index contributed by atoms with van der Waals surface area (Å²) >= 11 is 0. The molecule has 1 saturated carbocycles. The standard InChI is InChI=1S/C12H25NO2/c1-4-12(2,3)13-7-11(14)9-15-8-10-5-6-10/h10-11,13-14H,4-9H2,1-3H3. The molecule has 0 radical (unpaired) electrons. The highest BCUT2D eigenvalue weighted by Crippen LogP contribution is 2.28. The van der Waals surface area contributed by atoms with E-state index in [2.05, 4.69) is 26.1 Å². The van der Waals surface area contributed by atoms with Gasteiger partial charge in [-0.25, -0.2) is 0 Å². The van der Waals surface area contributed by atoms with Crippen molar-refractivity contribution in [1.82, 2.24) is 5.32 Å². The van der Waals surface area contributed by atoms with Crippen LogP contribution in [0.2, 0.25) is 0 Å². The van der Waals surface area contributed by atoms with Gasteiger partial charge < -0.3 is 15.2 Å². The Kier molecular flexibility index (Phi) is 5.03. The maximum atomic E-state index is 9.65. The highest BCUT2D eigenvalue weighted by Gasteiger charge is 2.22. The van der Waals surface area contributed by atoms with E-state index in [-0.39, 0.29) is 11.6 Å².